The van der Waals surface area contributed by atoms with Gasteiger partial charge in [-0.2, -0.15) is 13.7 Å². The number of benzene rings is 2. The Morgan fingerprint density at radius 1 is 0.927 bits per heavy atom. The summed E-state index contributed by atoms with van der Waals surface area (Å²) in [4.78, 5) is 49.5. The first-order valence-electron chi connectivity index (χ1n) is 11.9. The van der Waals surface area contributed by atoms with Gasteiger partial charge in [0.05, 0.1) is 4.92 Å². The van der Waals surface area contributed by atoms with Crippen LogP contribution in [0.25, 0.3) is 0 Å². The zero-order chi connectivity index (χ0) is 31.1. The Balaban J connectivity index is 2.46. The average Bonchev–Trinajstić information content (AvgIpc) is 2.90. The molecule has 2 aromatic rings. The van der Waals surface area contributed by atoms with E-state index >= 15 is 0 Å². The van der Waals surface area contributed by atoms with Crippen molar-refractivity contribution in [1.82, 2.24) is 4.90 Å². The van der Waals surface area contributed by atoms with E-state index in [0.717, 1.165) is 12.1 Å². The van der Waals surface area contributed by atoms with Gasteiger partial charge in [0, 0.05) is 12.1 Å². The van der Waals surface area contributed by atoms with E-state index in [1.807, 2.05) is 0 Å². The van der Waals surface area contributed by atoms with Gasteiger partial charge >= 0.3 is 18.2 Å². The maximum Gasteiger partial charge on any atom is 0.420 e. The van der Waals surface area contributed by atoms with E-state index in [1.54, 1.807) is 0 Å². The summed E-state index contributed by atoms with van der Waals surface area (Å²) >= 11 is 0. The van der Waals surface area contributed by atoms with Gasteiger partial charge in [0.2, 0.25) is 34.8 Å². The molecule has 16 heteroatoms. The fourth-order valence-corrected chi connectivity index (χ4v) is 3.25. The zero-order valence-electron chi connectivity index (χ0n) is 22.0. The van der Waals surface area contributed by atoms with Crippen molar-refractivity contribution in [2.45, 2.75) is 58.3 Å². The van der Waals surface area contributed by atoms with E-state index in [2.05, 4.69) is 4.74 Å². The Labute approximate surface area is 230 Å². The number of unbranched alkanes of at least 4 members (excludes halogenated alkanes) is 1. The van der Waals surface area contributed by atoms with E-state index in [-0.39, 0.29) is 35.5 Å². The number of carbonyl (C=O) groups excluding carboxylic acids is 3. The lowest BCUT2D eigenvalue weighted by molar-refractivity contribution is -0.384. The Kier molecular flexibility index (Phi) is 11.1. The maximum absolute atomic E-state index is 14.2. The Hall–Kier alpha value is -4.34. The lowest BCUT2D eigenvalue weighted by atomic mass is 10.1. The minimum atomic E-state index is -2.50. The molecule has 2 aromatic carbocycles. The summed E-state index contributed by atoms with van der Waals surface area (Å²) in [6.07, 6.45) is -3.14. The highest BCUT2D eigenvalue weighted by Gasteiger charge is 2.41. The molecule has 0 aliphatic heterocycles. The van der Waals surface area contributed by atoms with E-state index < -0.39 is 82.6 Å². The van der Waals surface area contributed by atoms with Crippen LogP contribution < -0.4 is 10.5 Å². The van der Waals surface area contributed by atoms with Crippen LogP contribution >= 0.6 is 0 Å². The molecule has 0 heterocycles. The lowest BCUT2D eigenvalue weighted by Crippen LogP contribution is -2.52. The van der Waals surface area contributed by atoms with Crippen LogP contribution in [0.15, 0.2) is 24.3 Å². The summed E-state index contributed by atoms with van der Waals surface area (Å²) in [5, 5.41) is 10.8. The van der Waals surface area contributed by atoms with Crippen molar-refractivity contribution in [2.75, 3.05) is 6.54 Å². The molecule has 2 rings (SSSR count). The third-order valence-corrected chi connectivity index (χ3v) is 5.18. The fourth-order valence-electron chi connectivity index (χ4n) is 3.25. The summed E-state index contributed by atoms with van der Waals surface area (Å²) in [7, 11) is 0. The summed E-state index contributed by atoms with van der Waals surface area (Å²) in [6.45, 7) is 3.79. The number of imide groups is 1. The molecule has 0 spiro atoms. The van der Waals surface area contributed by atoms with Crippen LogP contribution in [0.1, 0.15) is 45.6 Å². The summed E-state index contributed by atoms with van der Waals surface area (Å²) in [6, 6.07) is 2.70. The number of rotatable bonds is 10. The zero-order valence-corrected chi connectivity index (χ0v) is 22.0. The SMILES string of the molecule is CC(C)(C)OC(=O)N(C(=O)OCc1ccc([N+](=O)[O-])cc1)[C@@H](CCCCN)C(=O)Oc1c(F)c(F)c(F)c(F)c1F. The molecule has 0 aliphatic rings. The average molecular weight is 591 g/mol. The van der Waals surface area contributed by atoms with E-state index in [0.29, 0.717) is 0 Å². The minimum Gasteiger partial charge on any atom is -0.444 e. The van der Waals surface area contributed by atoms with Gasteiger partial charge in [-0.1, -0.05) is 0 Å². The molecule has 0 aliphatic carbocycles. The predicted octanol–water partition coefficient (Wildman–Crippen LogP) is 5.27. The number of carbonyl (C=O) groups is 3. The molecule has 0 aromatic heterocycles. The third kappa shape index (κ3) is 8.57. The number of nitrogens with zero attached hydrogens (tertiary/aromatic N) is 2. The van der Waals surface area contributed by atoms with E-state index in [4.69, 9.17) is 15.2 Å². The van der Waals surface area contributed by atoms with Gasteiger partial charge in [-0.3, -0.25) is 10.1 Å². The number of nitro groups is 1. The van der Waals surface area contributed by atoms with Crippen molar-refractivity contribution in [3.05, 3.63) is 69.0 Å². The van der Waals surface area contributed by atoms with Crippen LogP contribution in [-0.2, 0) is 20.9 Å². The molecule has 0 saturated carbocycles. The molecule has 1 atom stereocenters. The minimum absolute atomic E-state index is 0.0301. The number of nitrogens with two attached hydrogens (primary N) is 1. The number of hydrogen-bond donors (Lipinski definition) is 1. The highest BCUT2D eigenvalue weighted by Crippen LogP contribution is 2.30. The van der Waals surface area contributed by atoms with Gasteiger partial charge in [0.15, 0.2) is 0 Å². The summed E-state index contributed by atoms with van der Waals surface area (Å²) < 4.78 is 84.0. The van der Waals surface area contributed by atoms with E-state index in [1.165, 1.54) is 32.9 Å². The van der Waals surface area contributed by atoms with Crippen molar-refractivity contribution < 1.29 is 55.5 Å². The number of non-ortho nitro benzene ring substituents is 1. The normalized spacial score (nSPS) is 11.9. The highest BCUT2D eigenvalue weighted by atomic mass is 19.2. The van der Waals surface area contributed by atoms with Crippen molar-refractivity contribution in [3.8, 4) is 5.75 Å². The first-order chi connectivity index (χ1) is 19.1. The molecule has 0 fully saturated rings. The highest BCUT2D eigenvalue weighted by molar-refractivity contribution is 5.94. The van der Waals surface area contributed by atoms with Crippen LogP contribution in [0.4, 0.5) is 37.2 Å². The van der Waals surface area contributed by atoms with Gasteiger partial charge in [-0.05, 0) is 64.3 Å². The lowest BCUT2D eigenvalue weighted by Gasteiger charge is -2.30. The molecule has 2 amide bonds. The topological polar surface area (TPSA) is 151 Å². The first kappa shape index (κ1) is 32.9. The van der Waals surface area contributed by atoms with Crippen molar-refractivity contribution in [2.24, 2.45) is 5.73 Å². The molecule has 224 valence electrons. The van der Waals surface area contributed by atoms with Crippen molar-refractivity contribution in [1.29, 1.82) is 0 Å². The van der Waals surface area contributed by atoms with Gasteiger partial charge in [-0.15, -0.1) is 0 Å². The van der Waals surface area contributed by atoms with Gasteiger partial charge in [0.1, 0.15) is 18.2 Å². The molecule has 0 saturated heterocycles. The molecule has 0 unspecified atom stereocenters. The van der Waals surface area contributed by atoms with Gasteiger partial charge in [-0.25, -0.2) is 27.6 Å². The van der Waals surface area contributed by atoms with Crippen LogP contribution in [0.5, 0.6) is 5.75 Å². The number of halogens is 5. The number of hydrogen-bond acceptors (Lipinski definition) is 9. The van der Waals surface area contributed by atoms with Gasteiger partial charge < -0.3 is 19.9 Å². The molecule has 41 heavy (non-hydrogen) atoms. The standard InChI is InChI=1S/C25H26F5N3O8/c1-25(2,3)41-24(36)32(23(35)39-12-13-7-9-14(10-8-13)33(37)38)15(6-4-5-11-31)22(34)40-21-19(29)17(27)16(26)18(28)20(21)30/h7-10,15H,4-6,11-12,31H2,1-3H3/t15-/m0/s1. The maximum atomic E-state index is 14.2. The van der Waals surface area contributed by atoms with E-state index in [9.17, 15) is 46.5 Å². The van der Waals surface area contributed by atoms with Crippen LogP contribution in [-0.4, -0.2) is 46.2 Å². The number of ether oxygens (including phenoxy) is 3. The smallest absolute Gasteiger partial charge is 0.420 e. The van der Waals surface area contributed by atoms with Gasteiger partial charge in [0.25, 0.3) is 5.69 Å². The molecular weight excluding hydrogens is 565 g/mol. The second-order valence-corrected chi connectivity index (χ2v) is 9.45. The molecule has 11 nitrogen and oxygen atoms in total. The second-order valence-electron chi connectivity index (χ2n) is 9.45. The summed E-state index contributed by atoms with van der Waals surface area (Å²) in [5.74, 6) is -15.9. The molecule has 0 radical (unpaired) electrons. The monoisotopic (exact) mass is 591 g/mol. The molecule has 0 bridgehead atoms. The Morgan fingerprint density at radius 2 is 1.46 bits per heavy atom. The number of amides is 2. The third-order valence-electron chi connectivity index (χ3n) is 5.18. The van der Waals surface area contributed by atoms with Crippen molar-refractivity contribution in [3.63, 3.8) is 0 Å². The molecule has 2 N–H and O–H groups in total. The quantitative estimate of drug-likeness (QED) is 0.0570. The second kappa shape index (κ2) is 13.8. The number of nitro benzene ring substituents is 1. The first-order valence-corrected chi connectivity index (χ1v) is 11.9. The van der Waals surface area contributed by atoms with Crippen LogP contribution in [0.2, 0.25) is 0 Å². The fraction of sp³-hybridized carbons (Fsp3) is 0.400. The van der Waals surface area contributed by atoms with Crippen LogP contribution in [0, 0.1) is 39.2 Å². The molecular formula is C25H26F5N3O8. The predicted molar refractivity (Wildman–Crippen MR) is 130 cm³/mol. The largest absolute Gasteiger partial charge is 0.444 e. The van der Waals surface area contributed by atoms with Crippen molar-refractivity contribution >= 4 is 23.8 Å². The Bertz CT molecular complexity index is 1270. The summed E-state index contributed by atoms with van der Waals surface area (Å²) in [5.41, 5.74) is 4.19. The van der Waals surface area contributed by atoms with Crippen LogP contribution in [0.3, 0.4) is 0 Å². The number of esters is 1. The Morgan fingerprint density at radius 3 is 1.95 bits per heavy atom.